The standard InChI is InChI=1S/C20H29N3O2/c1-12-7-13(2)19(14(3)8-12)23-11-16(9-18(23)24)20(25)22-17-6-4-5-15(17)10-21/h7-8,15-17H,4-6,9-11,21H2,1-3H3,(H,22,25). The molecule has 3 atom stereocenters. The average molecular weight is 343 g/mol. The highest BCUT2D eigenvalue weighted by Crippen LogP contribution is 2.32. The Balaban J connectivity index is 1.71. The summed E-state index contributed by atoms with van der Waals surface area (Å²) in [5.74, 6) is 0.144. The Labute approximate surface area is 150 Å². The van der Waals surface area contributed by atoms with Crippen LogP contribution in [-0.2, 0) is 9.59 Å². The number of aryl methyl sites for hydroxylation is 3. The number of nitrogens with one attached hydrogen (secondary N) is 1. The van der Waals surface area contributed by atoms with Crippen LogP contribution in [0.1, 0.15) is 42.4 Å². The largest absolute Gasteiger partial charge is 0.353 e. The molecule has 2 fully saturated rings. The molecule has 1 aliphatic heterocycles. The zero-order chi connectivity index (χ0) is 18.1. The van der Waals surface area contributed by atoms with E-state index in [0.717, 1.165) is 36.1 Å². The summed E-state index contributed by atoms with van der Waals surface area (Å²) in [4.78, 5) is 27.0. The van der Waals surface area contributed by atoms with Gasteiger partial charge in [0, 0.05) is 24.7 Å². The topological polar surface area (TPSA) is 75.4 Å². The molecule has 2 amide bonds. The van der Waals surface area contributed by atoms with Gasteiger partial charge in [-0.2, -0.15) is 0 Å². The lowest BCUT2D eigenvalue weighted by atomic mass is 10.0. The Kier molecular flexibility index (Phi) is 5.13. The van der Waals surface area contributed by atoms with Gasteiger partial charge in [0.25, 0.3) is 0 Å². The molecule has 3 unspecified atom stereocenters. The van der Waals surface area contributed by atoms with E-state index < -0.39 is 0 Å². The average Bonchev–Trinajstić information content (AvgIpc) is 3.13. The first-order valence-corrected chi connectivity index (χ1v) is 9.29. The molecular weight excluding hydrogens is 314 g/mol. The third-order valence-corrected chi connectivity index (χ3v) is 5.69. The lowest BCUT2D eigenvalue weighted by Crippen LogP contribution is -2.43. The van der Waals surface area contributed by atoms with E-state index >= 15 is 0 Å². The highest BCUT2D eigenvalue weighted by Gasteiger charge is 2.38. The second-order valence-electron chi connectivity index (χ2n) is 7.69. The van der Waals surface area contributed by atoms with Gasteiger partial charge in [-0.25, -0.2) is 0 Å². The molecule has 25 heavy (non-hydrogen) atoms. The number of carbonyl (C=O) groups excluding carboxylic acids is 2. The number of anilines is 1. The molecular formula is C20H29N3O2. The Morgan fingerprint density at radius 2 is 1.92 bits per heavy atom. The van der Waals surface area contributed by atoms with E-state index in [-0.39, 0.29) is 23.8 Å². The second-order valence-corrected chi connectivity index (χ2v) is 7.69. The SMILES string of the molecule is Cc1cc(C)c(N2CC(C(=O)NC3CCCC3CN)CC2=O)c(C)c1. The first kappa shape index (κ1) is 17.9. The van der Waals surface area contributed by atoms with Crippen molar-refractivity contribution in [1.29, 1.82) is 0 Å². The molecule has 1 aromatic rings. The van der Waals surface area contributed by atoms with Crippen molar-refractivity contribution in [3.05, 3.63) is 28.8 Å². The van der Waals surface area contributed by atoms with E-state index in [9.17, 15) is 9.59 Å². The van der Waals surface area contributed by atoms with Crippen molar-refractivity contribution >= 4 is 17.5 Å². The predicted octanol–water partition coefficient (Wildman–Crippen LogP) is 2.21. The Morgan fingerprint density at radius 1 is 1.24 bits per heavy atom. The van der Waals surface area contributed by atoms with Crippen molar-refractivity contribution in [1.82, 2.24) is 5.32 Å². The van der Waals surface area contributed by atoms with Crippen molar-refractivity contribution < 1.29 is 9.59 Å². The van der Waals surface area contributed by atoms with Crippen LogP contribution in [0.25, 0.3) is 0 Å². The maximum Gasteiger partial charge on any atom is 0.227 e. The molecule has 3 rings (SSSR count). The van der Waals surface area contributed by atoms with Crippen molar-refractivity contribution in [2.24, 2.45) is 17.6 Å². The Bertz CT molecular complexity index is 663. The third kappa shape index (κ3) is 3.56. The molecule has 1 aliphatic carbocycles. The number of rotatable bonds is 4. The molecule has 1 aromatic carbocycles. The molecule has 3 N–H and O–H groups in total. The van der Waals surface area contributed by atoms with Crippen LogP contribution in [0.2, 0.25) is 0 Å². The smallest absolute Gasteiger partial charge is 0.227 e. The van der Waals surface area contributed by atoms with Gasteiger partial charge in [0.05, 0.1) is 5.92 Å². The van der Waals surface area contributed by atoms with E-state index in [0.29, 0.717) is 25.4 Å². The molecule has 0 spiro atoms. The molecule has 1 heterocycles. The van der Waals surface area contributed by atoms with Crippen molar-refractivity contribution in [2.75, 3.05) is 18.0 Å². The van der Waals surface area contributed by atoms with Crippen LogP contribution in [0.4, 0.5) is 5.69 Å². The number of nitrogens with zero attached hydrogens (tertiary/aromatic N) is 1. The van der Waals surface area contributed by atoms with Crippen LogP contribution in [0, 0.1) is 32.6 Å². The summed E-state index contributed by atoms with van der Waals surface area (Å²) in [6, 6.07) is 4.35. The minimum absolute atomic E-state index is 0.00335. The monoisotopic (exact) mass is 343 g/mol. The molecule has 2 aliphatic rings. The maximum absolute atomic E-state index is 12.7. The van der Waals surface area contributed by atoms with Crippen LogP contribution >= 0.6 is 0 Å². The van der Waals surface area contributed by atoms with Gasteiger partial charge in [0.15, 0.2) is 0 Å². The molecule has 5 nitrogen and oxygen atoms in total. The molecule has 0 radical (unpaired) electrons. The van der Waals surface area contributed by atoms with Gasteiger partial charge >= 0.3 is 0 Å². The number of amides is 2. The summed E-state index contributed by atoms with van der Waals surface area (Å²) < 4.78 is 0. The number of hydrogen-bond acceptors (Lipinski definition) is 3. The highest BCUT2D eigenvalue weighted by molar-refractivity contribution is 6.01. The number of nitrogens with two attached hydrogens (primary N) is 1. The molecule has 1 saturated heterocycles. The molecule has 5 heteroatoms. The third-order valence-electron chi connectivity index (χ3n) is 5.69. The van der Waals surface area contributed by atoms with E-state index in [2.05, 4.69) is 24.4 Å². The van der Waals surface area contributed by atoms with E-state index in [1.807, 2.05) is 13.8 Å². The van der Waals surface area contributed by atoms with Crippen LogP contribution in [0.15, 0.2) is 12.1 Å². The summed E-state index contributed by atoms with van der Waals surface area (Å²) in [5.41, 5.74) is 10.1. The fourth-order valence-corrected chi connectivity index (χ4v) is 4.51. The van der Waals surface area contributed by atoms with E-state index in [1.54, 1.807) is 4.90 Å². The summed E-state index contributed by atoms with van der Waals surface area (Å²) in [7, 11) is 0. The van der Waals surface area contributed by atoms with Gasteiger partial charge in [0.1, 0.15) is 0 Å². The zero-order valence-corrected chi connectivity index (χ0v) is 15.5. The summed E-state index contributed by atoms with van der Waals surface area (Å²) in [6.07, 6.45) is 3.48. The molecule has 0 aromatic heterocycles. The van der Waals surface area contributed by atoms with Crippen LogP contribution in [0.3, 0.4) is 0 Å². The minimum Gasteiger partial charge on any atom is -0.353 e. The quantitative estimate of drug-likeness (QED) is 0.880. The first-order valence-electron chi connectivity index (χ1n) is 9.29. The van der Waals surface area contributed by atoms with Gasteiger partial charge in [-0.05, 0) is 57.2 Å². The molecule has 136 valence electrons. The van der Waals surface area contributed by atoms with Crippen LogP contribution in [-0.4, -0.2) is 30.9 Å². The van der Waals surface area contributed by atoms with Crippen LogP contribution in [0.5, 0.6) is 0 Å². The Morgan fingerprint density at radius 3 is 2.56 bits per heavy atom. The second kappa shape index (κ2) is 7.16. The lowest BCUT2D eigenvalue weighted by molar-refractivity contribution is -0.127. The minimum atomic E-state index is -0.272. The van der Waals surface area contributed by atoms with Crippen molar-refractivity contribution in [3.63, 3.8) is 0 Å². The summed E-state index contributed by atoms with van der Waals surface area (Å²) in [6.45, 7) is 7.19. The summed E-state index contributed by atoms with van der Waals surface area (Å²) >= 11 is 0. The van der Waals surface area contributed by atoms with Crippen molar-refractivity contribution in [2.45, 2.75) is 52.5 Å². The van der Waals surface area contributed by atoms with Crippen molar-refractivity contribution in [3.8, 4) is 0 Å². The maximum atomic E-state index is 12.7. The lowest BCUT2D eigenvalue weighted by Gasteiger charge is -2.23. The van der Waals surface area contributed by atoms with Gasteiger partial charge < -0.3 is 16.0 Å². The fourth-order valence-electron chi connectivity index (χ4n) is 4.51. The number of carbonyl (C=O) groups is 2. The predicted molar refractivity (Wildman–Crippen MR) is 99.4 cm³/mol. The highest BCUT2D eigenvalue weighted by atomic mass is 16.2. The summed E-state index contributed by atoms with van der Waals surface area (Å²) in [5, 5.41) is 3.15. The normalized spacial score (nSPS) is 26.3. The van der Waals surface area contributed by atoms with Gasteiger partial charge in [0.2, 0.25) is 11.8 Å². The number of hydrogen-bond donors (Lipinski definition) is 2. The van der Waals surface area contributed by atoms with Gasteiger partial charge in [-0.1, -0.05) is 24.1 Å². The van der Waals surface area contributed by atoms with Gasteiger partial charge in [-0.3, -0.25) is 9.59 Å². The first-order chi connectivity index (χ1) is 11.9. The van der Waals surface area contributed by atoms with E-state index in [1.165, 1.54) is 5.56 Å². The van der Waals surface area contributed by atoms with Crippen LogP contribution < -0.4 is 16.0 Å². The molecule has 1 saturated carbocycles. The molecule has 0 bridgehead atoms. The van der Waals surface area contributed by atoms with E-state index in [4.69, 9.17) is 5.73 Å². The zero-order valence-electron chi connectivity index (χ0n) is 15.5. The Hall–Kier alpha value is -1.88. The van der Waals surface area contributed by atoms with Gasteiger partial charge in [-0.15, -0.1) is 0 Å². The fraction of sp³-hybridized carbons (Fsp3) is 0.600. The number of benzene rings is 1.